The molecule has 0 aromatic heterocycles. The molecule has 0 saturated heterocycles. The van der Waals surface area contributed by atoms with Crippen LogP contribution in [0.5, 0.6) is 0 Å². The highest BCUT2D eigenvalue weighted by Gasteiger charge is 2.25. The van der Waals surface area contributed by atoms with Crippen molar-refractivity contribution >= 4 is 5.91 Å². The van der Waals surface area contributed by atoms with Gasteiger partial charge in [-0.25, -0.2) is 0 Å². The van der Waals surface area contributed by atoms with Crippen molar-refractivity contribution in [3.8, 4) is 0 Å². The van der Waals surface area contributed by atoms with Crippen molar-refractivity contribution in [2.45, 2.75) is 52.0 Å². The van der Waals surface area contributed by atoms with Gasteiger partial charge >= 0.3 is 0 Å². The minimum absolute atomic E-state index is 0.0891. The van der Waals surface area contributed by atoms with Crippen LogP contribution in [0.4, 0.5) is 0 Å². The second-order valence-corrected chi connectivity index (χ2v) is 5.78. The number of carbonyl (C=O) groups is 1. The second kappa shape index (κ2) is 9.32. The quantitative estimate of drug-likeness (QED) is 0.663. The molecule has 0 spiro atoms. The topological polar surface area (TPSA) is 50.4 Å². The van der Waals surface area contributed by atoms with Gasteiger partial charge in [0, 0.05) is 19.7 Å². The van der Waals surface area contributed by atoms with Gasteiger partial charge in [0.2, 0.25) is 5.91 Å². The van der Waals surface area contributed by atoms with Crippen molar-refractivity contribution in [2.24, 2.45) is 11.8 Å². The molecule has 1 fully saturated rings. The Morgan fingerprint density at radius 1 is 1.26 bits per heavy atom. The fourth-order valence-corrected chi connectivity index (χ4v) is 2.88. The average Bonchev–Trinajstić information content (AvgIpc) is 2.43. The van der Waals surface area contributed by atoms with Gasteiger partial charge in [-0.2, -0.15) is 0 Å². The number of nitrogens with one attached hydrogen (secondary N) is 2. The van der Waals surface area contributed by atoms with Gasteiger partial charge < -0.3 is 15.4 Å². The van der Waals surface area contributed by atoms with Gasteiger partial charge in [0.15, 0.2) is 0 Å². The number of methoxy groups -OCH3 is 1. The Labute approximate surface area is 117 Å². The van der Waals surface area contributed by atoms with Crippen LogP contribution in [0.3, 0.4) is 0 Å². The van der Waals surface area contributed by atoms with Crippen LogP contribution in [0.1, 0.15) is 46.0 Å². The van der Waals surface area contributed by atoms with E-state index in [0.717, 1.165) is 12.5 Å². The smallest absolute Gasteiger partial charge is 0.234 e. The Morgan fingerprint density at radius 3 is 2.58 bits per heavy atom. The molecule has 0 aromatic rings. The molecule has 0 aliphatic heterocycles. The summed E-state index contributed by atoms with van der Waals surface area (Å²) in [6, 6.07) is 0.264. The Bertz CT molecular complexity index is 253. The molecule has 2 unspecified atom stereocenters. The highest BCUT2D eigenvalue weighted by atomic mass is 16.5. The molecule has 0 aromatic carbocycles. The zero-order chi connectivity index (χ0) is 14.1. The molecule has 1 amide bonds. The van der Waals surface area contributed by atoms with Crippen LogP contribution in [0.25, 0.3) is 0 Å². The molecule has 4 heteroatoms. The molecule has 112 valence electrons. The minimum atomic E-state index is 0.0891. The van der Waals surface area contributed by atoms with Crippen LogP contribution in [0.2, 0.25) is 0 Å². The second-order valence-electron chi connectivity index (χ2n) is 5.78. The van der Waals surface area contributed by atoms with Crippen molar-refractivity contribution in [1.82, 2.24) is 10.6 Å². The maximum Gasteiger partial charge on any atom is 0.234 e. The highest BCUT2D eigenvalue weighted by Crippen LogP contribution is 2.31. The molecular weight excluding hydrogens is 240 g/mol. The largest absolute Gasteiger partial charge is 0.383 e. The van der Waals surface area contributed by atoms with Crippen molar-refractivity contribution in [3.05, 3.63) is 0 Å². The third-order valence-corrected chi connectivity index (χ3v) is 4.34. The first-order valence-electron chi connectivity index (χ1n) is 7.64. The Hall–Kier alpha value is -0.610. The summed E-state index contributed by atoms with van der Waals surface area (Å²) in [5.41, 5.74) is 0. The zero-order valence-corrected chi connectivity index (χ0v) is 12.7. The molecular formula is C15H30N2O2. The van der Waals surface area contributed by atoms with Crippen LogP contribution < -0.4 is 10.6 Å². The molecule has 2 N–H and O–H groups in total. The van der Waals surface area contributed by atoms with Crippen LogP contribution >= 0.6 is 0 Å². The molecule has 19 heavy (non-hydrogen) atoms. The van der Waals surface area contributed by atoms with E-state index in [9.17, 15) is 4.79 Å². The van der Waals surface area contributed by atoms with E-state index in [0.29, 0.717) is 19.1 Å². The first-order chi connectivity index (χ1) is 9.15. The summed E-state index contributed by atoms with van der Waals surface area (Å²) >= 11 is 0. The summed E-state index contributed by atoms with van der Waals surface area (Å²) in [7, 11) is 1.66. The summed E-state index contributed by atoms with van der Waals surface area (Å²) in [5, 5.41) is 6.18. The Morgan fingerprint density at radius 2 is 1.95 bits per heavy atom. The van der Waals surface area contributed by atoms with Crippen molar-refractivity contribution in [1.29, 1.82) is 0 Å². The van der Waals surface area contributed by atoms with Gasteiger partial charge in [-0.3, -0.25) is 4.79 Å². The third kappa shape index (κ3) is 6.39. The SMILES string of the molecule is COCCNCC(=O)NC(C)C(C)C1CCCCC1. The average molecular weight is 270 g/mol. The standard InChI is InChI=1S/C15H30N2O2/c1-12(14-7-5-4-6-8-14)13(2)17-15(18)11-16-9-10-19-3/h12-14,16H,4-11H2,1-3H3,(H,17,18). The molecule has 2 atom stereocenters. The number of hydrogen-bond acceptors (Lipinski definition) is 3. The first kappa shape index (κ1) is 16.4. The first-order valence-corrected chi connectivity index (χ1v) is 7.64. The van der Waals surface area contributed by atoms with Gasteiger partial charge in [-0.05, 0) is 18.8 Å². The van der Waals surface area contributed by atoms with Crippen LogP contribution in [0, 0.1) is 11.8 Å². The van der Waals surface area contributed by atoms with Crippen molar-refractivity contribution in [2.75, 3.05) is 26.8 Å². The lowest BCUT2D eigenvalue weighted by molar-refractivity contribution is -0.121. The number of amides is 1. The molecule has 1 aliphatic carbocycles. The lowest BCUT2D eigenvalue weighted by Gasteiger charge is -2.32. The number of ether oxygens (including phenoxy) is 1. The maximum atomic E-state index is 11.8. The molecule has 0 heterocycles. The molecule has 4 nitrogen and oxygen atoms in total. The van der Waals surface area contributed by atoms with E-state index in [-0.39, 0.29) is 11.9 Å². The predicted molar refractivity (Wildman–Crippen MR) is 78.1 cm³/mol. The third-order valence-electron chi connectivity index (χ3n) is 4.34. The lowest BCUT2D eigenvalue weighted by atomic mass is 9.78. The van der Waals surface area contributed by atoms with Gasteiger partial charge in [-0.15, -0.1) is 0 Å². The van der Waals surface area contributed by atoms with E-state index < -0.39 is 0 Å². The van der Waals surface area contributed by atoms with Crippen LogP contribution in [-0.2, 0) is 9.53 Å². The minimum Gasteiger partial charge on any atom is -0.383 e. The van der Waals surface area contributed by atoms with E-state index >= 15 is 0 Å². The summed E-state index contributed by atoms with van der Waals surface area (Å²) in [6.45, 7) is 6.15. The zero-order valence-electron chi connectivity index (χ0n) is 12.7. The molecule has 1 aliphatic rings. The maximum absolute atomic E-state index is 11.8. The van der Waals surface area contributed by atoms with Crippen molar-refractivity contribution in [3.63, 3.8) is 0 Å². The normalized spacial score (nSPS) is 19.9. The Kier molecular flexibility index (Phi) is 8.07. The van der Waals surface area contributed by atoms with E-state index in [1.165, 1.54) is 32.1 Å². The number of carbonyl (C=O) groups excluding carboxylic acids is 1. The van der Waals surface area contributed by atoms with Gasteiger partial charge in [-0.1, -0.05) is 39.0 Å². The van der Waals surface area contributed by atoms with Gasteiger partial charge in [0.25, 0.3) is 0 Å². The Balaban J connectivity index is 2.20. The molecule has 0 bridgehead atoms. The molecule has 1 saturated carbocycles. The number of rotatable bonds is 8. The van der Waals surface area contributed by atoms with E-state index in [4.69, 9.17) is 4.74 Å². The highest BCUT2D eigenvalue weighted by molar-refractivity contribution is 5.78. The fourth-order valence-electron chi connectivity index (χ4n) is 2.88. The van der Waals surface area contributed by atoms with E-state index in [1.807, 2.05) is 0 Å². The monoisotopic (exact) mass is 270 g/mol. The summed E-state index contributed by atoms with van der Waals surface area (Å²) in [4.78, 5) is 11.8. The van der Waals surface area contributed by atoms with Crippen LogP contribution in [0.15, 0.2) is 0 Å². The predicted octanol–water partition coefficient (Wildman–Crippen LogP) is 1.94. The van der Waals surface area contributed by atoms with Gasteiger partial charge in [0.1, 0.15) is 0 Å². The summed E-state index contributed by atoms with van der Waals surface area (Å²) in [6.07, 6.45) is 6.75. The van der Waals surface area contributed by atoms with E-state index in [1.54, 1.807) is 7.11 Å². The van der Waals surface area contributed by atoms with Crippen LogP contribution in [-0.4, -0.2) is 38.8 Å². The summed E-state index contributed by atoms with van der Waals surface area (Å²) in [5.74, 6) is 1.44. The van der Waals surface area contributed by atoms with E-state index in [2.05, 4.69) is 24.5 Å². The lowest BCUT2D eigenvalue weighted by Crippen LogP contribution is -2.44. The number of hydrogen-bond donors (Lipinski definition) is 2. The fraction of sp³-hybridized carbons (Fsp3) is 0.933. The van der Waals surface area contributed by atoms with Gasteiger partial charge in [0.05, 0.1) is 13.2 Å². The van der Waals surface area contributed by atoms with Crippen molar-refractivity contribution < 1.29 is 9.53 Å². The summed E-state index contributed by atoms with van der Waals surface area (Å²) < 4.78 is 4.93. The molecule has 0 radical (unpaired) electrons. The molecule has 1 rings (SSSR count).